The van der Waals surface area contributed by atoms with Gasteiger partial charge in [-0.15, -0.1) is 0 Å². The van der Waals surface area contributed by atoms with E-state index < -0.39 is 10.1 Å². The Balaban J connectivity index is 3.49. The summed E-state index contributed by atoms with van der Waals surface area (Å²) in [6.07, 6.45) is 1.26. The van der Waals surface area contributed by atoms with Crippen molar-refractivity contribution in [2.45, 2.75) is 31.6 Å². The van der Waals surface area contributed by atoms with E-state index in [4.69, 9.17) is 5.90 Å². The predicted octanol–water partition coefficient (Wildman–Crippen LogP) is 1.39. The minimum absolute atomic E-state index is 0.220. The summed E-state index contributed by atoms with van der Waals surface area (Å²) >= 11 is 0. The quantitative estimate of drug-likeness (QED) is 0.792. The van der Waals surface area contributed by atoms with Gasteiger partial charge in [0.25, 0.3) is 0 Å². The van der Waals surface area contributed by atoms with Crippen molar-refractivity contribution >= 4 is 10.1 Å². The van der Waals surface area contributed by atoms with Crippen LogP contribution < -0.4 is 5.90 Å². The lowest BCUT2D eigenvalue weighted by Gasteiger charge is -2.11. The minimum atomic E-state index is -3.81. The zero-order valence-electron chi connectivity index (χ0n) is 8.86. The van der Waals surface area contributed by atoms with Gasteiger partial charge < -0.3 is 0 Å². The molecule has 5 heteroatoms. The summed E-state index contributed by atoms with van der Waals surface area (Å²) in [4.78, 5) is 0.220. The second kappa shape index (κ2) is 4.74. The first-order valence-corrected chi connectivity index (χ1v) is 6.21. The van der Waals surface area contributed by atoms with Gasteiger partial charge in [0.15, 0.2) is 0 Å². The molecule has 84 valence electrons. The molecule has 0 bridgehead atoms. The van der Waals surface area contributed by atoms with Gasteiger partial charge >= 0.3 is 10.1 Å². The van der Waals surface area contributed by atoms with E-state index in [2.05, 4.69) is 4.28 Å². The summed E-state index contributed by atoms with van der Waals surface area (Å²) in [7, 11) is -3.81. The second-order valence-electron chi connectivity index (χ2n) is 3.16. The van der Waals surface area contributed by atoms with Crippen molar-refractivity contribution in [3.8, 4) is 0 Å². The Morgan fingerprint density at radius 3 is 2.00 bits per heavy atom. The molecular formula is C10H15NO3S. The lowest BCUT2D eigenvalue weighted by molar-refractivity contribution is 0.332. The molecule has 0 aliphatic carbocycles. The summed E-state index contributed by atoms with van der Waals surface area (Å²) in [6, 6.07) is 5.38. The molecule has 0 aliphatic heterocycles. The molecule has 0 heterocycles. The molecule has 0 radical (unpaired) electrons. The van der Waals surface area contributed by atoms with Crippen LogP contribution in [-0.4, -0.2) is 8.42 Å². The highest BCUT2D eigenvalue weighted by Gasteiger charge is 2.21. The summed E-state index contributed by atoms with van der Waals surface area (Å²) < 4.78 is 27.3. The number of nitrogens with two attached hydrogens (primary N) is 1. The van der Waals surface area contributed by atoms with Crippen LogP contribution in [0.15, 0.2) is 23.1 Å². The summed E-state index contributed by atoms with van der Waals surface area (Å²) in [5.41, 5.74) is 1.47. The van der Waals surface area contributed by atoms with Gasteiger partial charge in [0.2, 0.25) is 0 Å². The molecule has 2 N–H and O–H groups in total. The van der Waals surface area contributed by atoms with Crippen molar-refractivity contribution in [2.24, 2.45) is 5.90 Å². The van der Waals surface area contributed by atoms with Gasteiger partial charge in [0.1, 0.15) is 4.90 Å². The van der Waals surface area contributed by atoms with Crippen LogP contribution in [0.5, 0.6) is 0 Å². The molecule has 1 aromatic carbocycles. The fourth-order valence-electron chi connectivity index (χ4n) is 1.56. The molecule has 1 aromatic rings. The van der Waals surface area contributed by atoms with Crippen LogP contribution in [0.2, 0.25) is 0 Å². The SMILES string of the molecule is CCc1cccc(CC)c1S(=O)(=O)ON. The van der Waals surface area contributed by atoms with Gasteiger partial charge in [-0.1, -0.05) is 32.0 Å². The molecule has 1 rings (SSSR count). The van der Waals surface area contributed by atoms with E-state index in [1.54, 1.807) is 12.1 Å². The molecule has 0 saturated heterocycles. The number of benzene rings is 1. The van der Waals surface area contributed by atoms with E-state index in [-0.39, 0.29) is 4.90 Å². The largest absolute Gasteiger partial charge is 0.313 e. The lowest BCUT2D eigenvalue weighted by Crippen LogP contribution is -2.15. The highest BCUT2D eigenvalue weighted by molar-refractivity contribution is 7.86. The van der Waals surface area contributed by atoms with Crippen molar-refractivity contribution in [2.75, 3.05) is 0 Å². The van der Waals surface area contributed by atoms with Crippen molar-refractivity contribution in [1.29, 1.82) is 0 Å². The number of hydrogen-bond donors (Lipinski definition) is 1. The Bertz CT molecular complexity index is 418. The van der Waals surface area contributed by atoms with Crippen LogP contribution in [0.25, 0.3) is 0 Å². The fourth-order valence-corrected chi connectivity index (χ4v) is 2.73. The molecule has 0 aromatic heterocycles. The molecule has 0 fully saturated rings. The normalized spacial score (nSPS) is 11.7. The number of hydrogen-bond acceptors (Lipinski definition) is 4. The predicted molar refractivity (Wildman–Crippen MR) is 57.7 cm³/mol. The maximum Gasteiger partial charge on any atom is 0.313 e. The Morgan fingerprint density at radius 1 is 1.20 bits per heavy atom. The zero-order valence-corrected chi connectivity index (χ0v) is 9.67. The molecule has 0 unspecified atom stereocenters. The van der Waals surface area contributed by atoms with Crippen LogP contribution in [0, 0.1) is 0 Å². The zero-order chi connectivity index (χ0) is 11.5. The van der Waals surface area contributed by atoms with E-state index >= 15 is 0 Å². The molecule has 0 aliphatic rings. The van der Waals surface area contributed by atoms with Crippen molar-refractivity contribution in [1.82, 2.24) is 0 Å². The van der Waals surface area contributed by atoms with Crippen LogP contribution in [-0.2, 0) is 27.2 Å². The average Bonchev–Trinajstić information content (AvgIpc) is 2.27. The van der Waals surface area contributed by atoms with Crippen molar-refractivity contribution in [3.05, 3.63) is 29.3 Å². The molecule has 15 heavy (non-hydrogen) atoms. The summed E-state index contributed by atoms with van der Waals surface area (Å²) in [5.74, 6) is 4.80. The van der Waals surface area contributed by atoms with Gasteiger partial charge in [0, 0.05) is 0 Å². The first kappa shape index (κ1) is 12.2. The van der Waals surface area contributed by atoms with Crippen LogP contribution in [0.4, 0.5) is 0 Å². The molecule has 0 spiro atoms. The topological polar surface area (TPSA) is 69.4 Å². The number of rotatable bonds is 4. The van der Waals surface area contributed by atoms with Gasteiger partial charge in [0.05, 0.1) is 0 Å². The maximum atomic E-state index is 11.6. The molecule has 0 amide bonds. The van der Waals surface area contributed by atoms with E-state index in [1.807, 2.05) is 19.9 Å². The average molecular weight is 229 g/mol. The Hall–Kier alpha value is -0.910. The number of aryl methyl sites for hydroxylation is 2. The van der Waals surface area contributed by atoms with Gasteiger partial charge in [-0.3, -0.25) is 0 Å². The first-order chi connectivity index (χ1) is 7.06. The fraction of sp³-hybridized carbons (Fsp3) is 0.400. The van der Waals surface area contributed by atoms with E-state index in [9.17, 15) is 8.42 Å². The molecule has 0 saturated carbocycles. The third kappa shape index (κ3) is 2.37. The van der Waals surface area contributed by atoms with E-state index in [0.29, 0.717) is 12.8 Å². The highest BCUT2D eigenvalue weighted by atomic mass is 32.2. The van der Waals surface area contributed by atoms with Crippen molar-refractivity contribution < 1.29 is 12.7 Å². The van der Waals surface area contributed by atoms with Gasteiger partial charge in [-0.05, 0) is 24.0 Å². The van der Waals surface area contributed by atoms with Crippen LogP contribution in [0.1, 0.15) is 25.0 Å². The lowest BCUT2D eigenvalue weighted by atomic mass is 10.1. The molecular weight excluding hydrogens is 214 g/mol. The molecule has 0 atom stereocenters. The summed E-state index contributed by atoms with van der Waals surface area (Å²) in [5, 5.41) is 0. The summed E-state index contributed by atoms with van der Waals surface area (Å²) in [6.45, 7) is 3.79. The monoisotopic (exact) mass is 229 g/mol. The Morgan fingerprint density at radius 2 is 1.67 bits per heavy atom. The molecule has 4 nitrogen and oxygen atoms in total. The Labute approximate surface area is 90.1 Å². The van der Waals surface area contributed by atoms with Gasteiger partial charge in [-0.25, -0.2) is 0 Å². The minimum Gasteiger partial charge on any atom is -0.197 e. The third-order valence-corrected chi connectivity index (χ3v) is 3.59. The highest BCUT2D eigenvalue weighted by Crippen LogP contribution is 2.23. The van der Waals surface area contributed by atoms with E-state index in [1.165, 1.54) is 0 Å². The first-order valence-electron chi connectivity index (χ1n) is 4.81. The second-order valence-corrected chi connectivity index (χ2v) is 4.67. The van der Waals surface area contributed by atoms with Crippen molar-refractivity contribution in [3.63, 3.8) is 0 Å². The Kier molecular flexibility index (Phi) is 3.84. The smallest absolute Gasteiger partial charge is 0.197 e. The maximum absolute atomic E-state index is 11.6. The van der Waals surface area contributed by atoms with Crippen LogP contribution in [0.3, 0.4) is 0 Å². The van der Waals surface area contributed by atoms with E-state index in [0.717, 1.165) is 11.1 Å². The van der Waals surface area contributed by atoms with Crippen LogP contribution >= 0.6 is 0 Å². The standard InChI is InChI=1S/C10H15NO3S/c1-3-8-6-5-7-9(4-2)10(8)15(12,13)14-11/h5-7H,3-4,11H2,1-2H3. The third-order valence-electron chi connectivity index (χ3n) is 2.32. The van der Waals surface area contributed by atoms with Gasteiger partial charge in [-0.2, -0.15) is 18.6 Å².